The first-order valence-corrected chi connectivity index (χ1v) is 15.3. The second-order valence-corrected chi connectivity index (χ2v) is 13.3. The molecule has 1 heterocycles. The Morgan fingerprint density at radius 3 is 1.13 bits per heavy atom. The largest absolute Gasteiger partial charge is 0.243 e. The number of aryl methyl sites for hydroxylation is 2. The first-order valence-electron chi connectivity index (χ1n) is 12.5. The summed E-state index contributed by atoms with van der Waals surface area (Å²) in [5.41, 5.74) is 3.36. The van der Waals surface area contributed by atoms with Gasteiger partial charge in [0, 0.05) is 13.1 Å². The van der Waals surface area contributed by atoms with Gasteiger partial charge in [0.15, 0.2) is 0 Å². The Labute approximate surface area is 225 Å². The van der Waals surface area contributed by atoms with Gasteiger partial charge in [-0.25, -0.2) is 16.8 Å². The van der Waals surface area contributed by atoms with Crippen molar-refractivity contribution in [1.82, 2.24) is 8.61 Å². The summed E-state index contributed by atoms with van der Waals surface area (Å²) in [4.78, 5) is 0.372. The fraction of sp³-hybridized carbons (Fsp3) is 0.200. The van der Waals surface area contributed by atoms with E-state index < -0.39 is 32.1 Å². The molecule has 5 rings (SSSR count). The van der Waals surface area contributed by atoms with Crippen LogP contribution < -0.4 is 0 Å². The molecule has 1 saturated heterocycles. The molecule has 0 amide bonds. The minimum atomic E-state index is -3.94. The maximum absolute atomic E-state index is 14.1. The monoisotopic (exact) mass is 546 g/mol. The zero-order chi connectivity index (χ0) is 26.9. The van der Waals surface area contributed by atoms with Crippen LogP contribution in [-0.4, -0.2) is 38.5 Å². The molecule has 0 unspecified atom stereocenters. The lowest BCUT2D eigenvalue weighted by atomic mass is 9.92. The average molecular weight is 547 g/mol. The Morgan fingerprint density at radius 2 is 0.816 bits per heavy atom. The van der Waals surface area contributed by atoms with Crippen molar-refractivity contribution in [3.63, 3.8) is 0 Å². The lowest BCUT2D eigenvalue weighted by molar-refractivity contribution is 0.132. The highest BCUT2D eigenvalue weighted by atomic mass is 32.2. The second kappa shape index (κ2) is 10.5. The minimum Gasteiger partial charge on any atom is -0.207 e. The van der Waals surface area contributed by atoms with Crippen LogP contribution in [0.3, 0.4) is 0 Å². The van der Waals surface area contributed by atoms with Gasteiger partial charge >= 0.3 is 0 Å². The SMILES string of the molecule is Cc1ccc(S(=O)(=O)N2CCN(S(=O)(=O)c3ccc(C)cc3)[C@H](c3ccccc3)[C@H]2c2ccccc2)cc1. The molecule has 38 heavy (non-hydrogen) atoms. The molecule has 1 aliphatic rings. The van der Waals surface area contributed by atoms with Gasteiger partial charge < -0.3 is 0 Å². The van der Waals surface area contributed by atoms with Crippen molar-refractivity contribution in [3.05, 3.63) is 131 Å². The summed E-state index contributed by atoms with van der Waals surface area (Å²) in [5.74, 6) is 0. The van der Waals surface area contributed by atoms with Crippen LogP contribution in [0.5, 0.6) is 0 Å². The molecule has 4 aromatic rings. The number of nitrogens with zero attached hydrogens (tertiary/aromatic N) is 2. The average Bonchev–Trinajstić information content (AvgIpc) is 2.93. The van der Waals surface area contributed by atoms with Crippen molar-refractivity contribution in [3.8, 4) is 0 Å². The van der Waals surface area contributed by atoms with E-state index >= 15 is 0 Å². The van der Waals surface area contributed by atoms with Gasteiger partial charge in [0.25, 0.3) is 0 Å². The third kappa shape index (κ3) is 4.92. The van der Waals surface area contributed by atoms with Crippen LogP contribution in [-0.2, 0) is 20.0 Å². The van der Waals surface area contributed by atoms with Crippen LogP contribution in [0.2, 0.25) is 0 Å². The lowest BCUT2D eigenvalue weighted by Crippen LogP contribution is -2.53. The highest BCUT2D eigenvalue weighted by Gasteiger charge is 2.48. The summed E-state index contributed by atoms with van der Waals surface area (Å²) in [7, 11) is -7.89. The van der Waals surface area contributed by atoms with E-state index in [1.165, 1.54) is 8.61 Å². The first kappa shape index (κ1) is 26.3. The molecule has 0 aliphatic carbocycles. The van der Waals surface area contributed by atoms with E-state index in [9.17, 15) is 16.8 Å². The van der Waals surface area contributed by atoms with Crippen LogP contribution in [0.25, 0.3) is 0 Å². The molecule has 2 atom stereocenters. The summed E-state index contributed by atoms with van der Waals surface area (Å²) < 4.78 is 59.3. The van der Waals surface area contributed by atoms with Crippen molar-refractivity contribution in [2.24, 2.45) is 0 Å². The Bertz CT molecular complexity index is 1480. The van der Waals surface area contributed by atoms with E-state index in [4.69, 9.17) is 0 Å². The van der Waals surface area contributed by atoms with Crippen LogP contribution >= 0.6 is 0 Å². The molecule has 1 aliphatic heterocycles. The van der Waals surface area contributed by atoms with Gasteiger partial charge in [-0.05, 0) is 49.2 Å². The van der Waals surface area contributed by atoms with Crippen molar-refractivity contribution in [2.75, 3.05) is 13.1 Å². The smallest absolute Gasteiger partial charge is 0.207 e. The number of piperazine rings is 1. The molecular formula is C30H30N2O4S2. The number of hydrogen-bond acceptors (Lipinski definition) is 4. The van der Waals surface area contributed by atoms with Gasteiger partial charge in [0.2, 0.25) is 20.0 Å². The predicted molar refractivity (Wildman–Crippen MR) is 149 cm³/mol. The third-order valence-electron chi connectivity index (χ3n) is 7.00. The highest BCUT2D eigenvalue weighted by Crippen LogP contribution is 2.46. The Balaban J connectivity index is 1.70. The van der Waals surface area contributed by atoms with Crippen molar-refractivity contribution < 1.29 is 16.8 Å². The molecule has 1 fully saturated rings. The molecule has 0 bridgehead atoms. The normalized spacial score (nSPS) is 19.3. The molecule has 0 N–H and O–H groups in total. The quantitative estimate of drug-likeness (QED) is 0.321. The number of sulfonamides is 2. The van der Waals surface area contributed by atoms with E-state index in [2.05, 4.69) is 0 Å². The van der Waals surface area contributed by atoms with E-state index in [0.29, 0.717) is 0 Å². The summed E-state index contributed by atoms with van der Waals surface area (Å²) in [6, 6.07) is 30.6. The van der Waals surface area contributed by atoms with Gasteiger partial charge in [-0.2, -0.15) is 8.61 Å². The Hall–Kier alpha value is -3.30. The number of rotatable bonds is 6. The summed E-state index contributed by atoms with van der Waals surface area (Å²) >= 11 is 0. The third-order valence-corrected chi connectivity index (χ3v) is 10.8. The predicted octanol–water partition coefficient (Wildman–Crippen LogP) is 5.48. The molecule has 4 aromatic carbocycles. The second-order valence-electron chi connectivity index (χ2n) is 9.57. The summed E-state index contributed by atoms with van der Waals surface area (Å²) in [6.07, 6.45) is 0. The Morgan fingerprint density at radius 1 is 0.500 bits per heavy atom. The van der Waals surface area contributed by atoms with E-state index in [1.54, 1.807) is 48.5 Å². The molecule has 196 valence electrons. The Kier molecular flexibility index (Phi) is 7.24. The van der Waals surface area contributed by atoms with E-state index in [1.807, 2.05) is 74.5 Å². The number of hydrogen-bond donors (Lipinski definition) is 0. The van der Waals surface area contributed by atoms with Crippen LogP contribution in [0.15, 0.2) is 119 Å². The van der Waals surface area contributed by atoms with Crippen LogP contribution in [0, 0.1) is 13.8 Å². The zero-order valence-corrected chi connectivity index (χ0v) is 22.9. The summed E-state index contributed by atoms with van der Waals surface area (Å²) in [6.45, 7) is 3.85. The zero-order valence-electron chi connectivity index (χ0n) is 21.3. The van der Waals surface area contributed by atoms with Crippen molar-refractivity contribution in [2.45, 2.75) is 35.7 Å². The lowest BCUT2D eigenvalue weighted by Gasteiger charge is -2.46. The molecule has 6 nitrogen and oxygen atoms in total. The summed E-state index contributed by atoms with van der Waals surface area (Å²) in [5, 5.41) is 0. The van der Waals surface area contributed by atoms with Gasteiger partial charge in [-0.15, -0.1) is 0 Å². The van der Waals surface area contributed by atoms with Gasteiger partial charge in [-0.1, -0.05) is 96.1 Å². The fourth-order valence-corrected chi connectivity index (χ4v) is 8.24. The maximum atomic E-state index is 14.1. The standard InChI is InChI=1S/C30H30N2O4S2/c1-23-13-17-27(18-14-23)37(33,34)31-21-22-32(38(35,36)28-19-15-24(2)16-20-28)30(26-11-7-4-8-12-26)29(31)25-9-5-3-6-10-25/h3-20,29-30H,21-22H2,1-2H3/t29-,30-/m1/s1. The molecule has 0 aromatic heterocycles. The molecule has 8 heteroatoms. The minimum absolute atomic E-state index is 0.0181. The van der Waals surface area contributed by atoms with Crippen molar-refractivity contribution >= 4 is 20.0 Å². The number of benzene rings is 4. The van der Waals surface area contributed by atoms with Crippen LogP contribution in [0.1, 0.15) is 34.3 Å². The van der Waals surface area contributed by atoms with E-state index in [0.717, 1.165) is 22.3 Å². The topological polar surface area (TPSA) is 74.8 Å². The first-order chi connectivity index (χ1) is 18.2. The molecule has 0 saturated carbocycles. The molecule has 0 radical (unpaired) electrons. The van der Waals surface area contributed by atoms with Gasteiger partial charge in [0.1, 0.15) is 0 Å². The highest BCUT2D eigenvalue weighted by molar-refractivity contribution is 7.89. The van der Waals surface area contributed by atoms with Crippen molar-refractivity contribution in [1.29, 1.82) is 0 Å². The van der Waals surface area contributed by atoms with Crippen LogP contribution in [0.4, 0.5) is 0 Å². The fourth-order valence-electron chi connectivity index (χ4n) is 5.02. The van der Waals surface area contributed by atoms with Gasteiger partial charge in [0.05, 0.1) is 21.9 Å². The van der Waals surface area contributed by atoms with E-state index in [-0.39, 0.29) is 22.9 Å². The van der Waals surface area contributed by atoms with Gasteiger partial charge in [-0.3, -0.25) is 0 Å². The molecular weight excluding hydrogens is 516 g/mol. The maximum Gasteiger partial charge on any atom is 0.243 e. The molecule has 0 spiro atoms.